The first-order chi connectivity index (χ1) is 9.26. The first-order valence-corrected chi connectivity index (χ1v) is 6.26. The van der Waals surface area contributed by atoms with Crippen molar-refractivity contribution in [3.8, 4) is 11.6 Å². The van der Waals surface area contributed by atoms with Crippen LogP contribution in [0.1, 0.15) is 32.7 Å². The molecule has 0 spiro atoms. The monoisotopic (exact) mass is 264 g/mol. The van der Waals surface area contributed by atoms with E-state index >= 15 is 0 Å². The van der Waals surface area contributed by atoms with Gasteiger partial charge < -0.3 is 9.15 Å². The van der Waals surface area contributed by atoms with Crippen molar-refractivity contribution < 1.29 is 13.9 Å². The van der Waals surface area contributed by atoms with Gasteiger partial charge in [0.05, 0.1) is 12.9 Å². The van der Waals surface area contributed by atoms with E-state index in [-0.39, 0.29) is 5.97 Å². The molecule has 2 heterocycles. The average molecular weight is 264 g/mol. The zero-order chi connectivity index (χ0) is 13.7. The molecule has 1 atom stereocenters. The second kappa shape index (κ2) is 6.12. The number of rotatable bonds is 6. The number of furan rings is 1. The zero-order valence-electron chi connectivity index (χ0n) is 10.9. The number of esters is 1. The van der Waals surface area contributed by atoms with E-state index in [9.17, 15) is 4.79 Å². The van der Waals surface area contributed by atoms with Crippen LogP contribution in [0.2, 0.25) is 0 Å². The number of tetrazole rings is 1. The molecular weight excluding hydrogens is 248 g/mol. The molecule has 0 amide bonds. The quantitative estimate of drug-likeness (QED) is 0.740. The molecule has 0 aliphatic rings. The molecule has 1 unspecified atom stereocenters. The topological polar surface area (TPSA) is 83.0 Å². The lowest BCUT2D eigenvalue weighted by molar-refractivity contribution is -0.148. The fourth-order valence-electron chi connectivity index (χ4n) is 1.70. The van der Waals surface area contributed by atoms with E-state index in [2.05, 4.69) is 15.4 Å². The van der Waals surface area contributed by atoms with Gasteiger partial charge in [0.1, 0.15) is 0 Å². The van der Waals surface area contributed by atoms with Crippen LogP contribution >= 0.6 is 0 Å². The van der Waals surface area contributed by atoms with Crippen molar-refractivity contribution in [3.63, 3.8) is 0 Å². The maximum Gasteiger partial charge on any atom is 0.332 e. The van der Waals surface area contributed by atoms with Crippen LogP contribution < -0.4 is 0 Å². The van der Waals surface area contributed by atoms with Gasteiger partial charge >= 0.3 is 5.97 Å². The molecule has 2 aromatic heterocycles. The van der Waals surface area contributed by atoms with Gasteiger partial charge in [-0.05, 0) is 30.7 Å². The third-order valence-corrected chi connectivity index (χ3v) is 2.57. The summed E-state index contributed by atoms with van der Waals surface area (Å²) >= 11 is 0. The summed E-state index contributed by atoms with van der Waals surface area (Å²) in [7, 11) is 0. The number of ether oxygens (including phenoxy) is 1. The van der Waals surface area contributed by atoms with Crippen LogP contribution in [0.25, 0.3) is 11.6 Å². The smallest absolute Gasteiger partial charge is 0.332 e. The Morgan fingerprint density at radius 2 is 2.37 bits per heavy atom. The second-order valence-corrected chi connectivity index (χ2v) is 3.97. The Morgan fingerprint density at radius 3 is 3.00 bits per heavy atom. The minimum Gasteiger partial charge on any atom is -0.464 e. The SMILES string of the molecule is CCCC(C(=O)OCC)n1nnc(-c2ccco2)n1. The average Bonchev–Trinajstić information content (AvgIpc) is 3.06. The van der Waals surface area contributed by atoms with Gasteiger partial charge in [-0.15, -0.1) is 15.0 Å². The van der Waals surface area contributed by atoms with E-state index in [1.807, 2.05) is 6.92 Å². The highest BCUT2D eigenvalue weighted by atomic mass is 16.5. The Kier molecular flexibility index (Phi) is 4.27. The van der Waals surface area contributed by atoms with Crippen LogP contribution in [-0.2, 0) is 9.53 Å². The zero-order valence-corrected chi connectivity index (χ0v) is 10.9. The number of hydrogen-bond acceptors (Lipinski definition) is 6. The van der Waals surface area contributed by atoms with Crippen molar-refractivity contribution in [1.29, 1.82) is 0 Å². The van der Waals surface area contributed by atoms with E-state index in [0.717, 1.165) is 6.42 Å². The molecule has 0 N–H and O–H groups in total. The summed E-state index contributed by atoms with van der Waals surface area (Å²) in [6.07, 6.45) is 2.96. The van der Waals surface area contributed by atoms with E-state index in [4.69, 9.17) is 9.15 Å². The molecule has 0 aliphatic heterocycles. The van der Waals surface area contributed by atoms with Crippen LogP contribution in [0.4, 0.5) is 0 Å². The Hall–Kier alpha value is -2.18. The number of carbonyl (C=O) groups is 1. The van der Waals surface area contributed by atoms with Gasteiger partial charge in [0, 0.05) is 0 Å². The van der Waals surface area contributed by atoms with Crippen LogP contribution in [0, 0.1) is 0 Å². The number of carbonyl (C=O) groups excluding carboxylic acids is 1. The van der Waals surface area contributed by atoms with Crippen molar-refractivity contribution in [2.45, 2.75) is 32.7 Å². The third kappa shape index (κ3) is 2.98. The Bertz CT molecular complexity index is 521. The minimum absolute atomic E-state index is 0.332. The molecule has 7 nitrogen and oxygen atoms in total. The molecule has 0 aliphatic carbocycles. The van der Waals surface area contributed by atoms with Crippen molar-refractivity contribution in [2.24, 2.45) is 0 Å². The van der Waals surface area contributed by atoms with E-state index in [1.54, 1.807) is 19.1 Å². The molecule has 0 fully saturated rings. The molecule has 102 valence electrons. The summed E-state index contributed by atoms with van der Waals surface area (Å²) in [5.74, 6) is 0.536. The maximum atomic E-state index is 11.9. The highest BCUT2D eigenvalue weighted by Gasteiger charge is 2.24. The van der Waals surface area contributed by atoms with Gasteiger partial charge in [-0.3, -0.25) is 0 Å². The van der Waals surface area contributed by atoms with Gasteiger partial charge in [-0.2, -0.15) is 0 Å². The molecule has 0 aromatic carbocycles. The summed E-state index contributed by atoms with van der Waals surface area (Å²) in [5, 5.41) is 12.0. The molecule has 7 heteroatoms. The van der Waals surface area contributed by atoms with Crippen molar-refractivity contribution in [3.05, 3.63) is 18.4 Å². The number of hydrogen-bond donors (Lipinski definition) is 0. The predicted octanol–water partition coefficient (Wildman–Crippen LogP) is 1.84. The van der Waals surface area contributed by atoms with Crippen molar-refractivity contribution >= 4 is 5.97 Å². The third-order valence-electron chi connectivity index (χ3n) is 2.57. The second-order valence-electron chi connectivity index (χ2n) is 3.97. The summed E-state index contributed by atoms with van der Waals surface area (Å²) < 4.78 is 10.2. The van der Waals surface area contributed by atoms with E-state index in [1.165, 1.54) is 11.1 Å². The van der Waals surface area contributed by atoms with Crippen molar-refractivity contribution in [1.82, 2.24) is 20.2 Å². The first-order valence-electron chi connectivity index (χ1n) is 6.26. The lowest BCUT2D eigenvalue weighted by atomic mass is 10.2. The molecule has 0 saturated carbocycles. The minimum atomic E-state index is -0.541. The normalized spacial score (nSPS) is 12.3. The highest BCUT2D eigenvalue weighted by Crippen LogP contribution is 2.17. The van der Waals surface area contributed by atoms with Gasteiger partial charge in [-0.25, -0.2) is 4.79 Å². The predicted molar refractivity (Wildman–Crippen MR) is 66.1 cm³/mol. The van der Waals surface area contributed by atoms with Crippen LogP contribution in [0.3, 0.4) is 0 Å². The molecule has 0 saturated heterocycles. The van der Waals surface area contributed by atoms with Gasteiger partial charge in [0.15, 0.2) is 11.8 Å². The molecular formula is C12H16N4O3. The Labute approximate surface area is 110 Å². The largest absolute Gasteiger partial charge is 0.464 e. The summed E-state index contributed by atoms with van der Waals surface area (Å²) in [5.41, 5.74) is 0. The molecule has 0 radical (unpaired) electrons. The Morgan fingerprint density at radius 1 is 1.53 bits per heavy atom. The molecule has 2 aromatic rings. The number of aromatic nitrogens is 4. The standard InChI is InChI=1S/C12H16N4O3/c1-3-6-9(12(17)18-4-2)16-14-11(13-15-16)10-7-5-8-19-10/h5,7-9H,3-4,6H2,1-2H3. The van der Waals surface area contributed by atoms with Gasteiger partial charge in [-0.1, -0.05) is 13.3 Å². The highest BCUT2D eigenvalue weighted by molar-refractivity contribution is 5.73. The summed E-state index contributed by atoms with van der Waals surface area (Å²) in [6, 6.07) is 2.94. The lowest BCUT2D eigenvalue weighted by Crippen LogP contribution is -2.24. The molecule has 19 heavy (non-hydrogen) atoms. The van der Waals surface area contributed by atoms with Crippen LogP contribution in [0.5, 0.6) is 0 Å². The molecule has 0 bridgehead atoms. The molecule has 2 rings (SSSR count). The lowest BCUT2D eigenvalue weighted by Gasteiger charge is -2.12. The van der Waals surface area contributed by atoms with Gasteiger partial charge in [0.25, 0.3) is 0 Å². The van der Waals surface area contributed by atoms with Crippen molar-refractivity contribution in [2.75, 3.05) is 6.61 Å². The Balaban J connectivity index is 2.20. The van der Waals surface area contributed by atoms with Crippen LogP contribution in [-0.4, -0.2) is 32.8 Å². The maximum absolute atomic E-state index is 11.9. The van der Waals surface area contributed by atoms with Crippen LogP contribution in [0.15, 0.2) is 22.8 Å². The fraction of sp³-hybridized carbons (Fsp3) is 0.500. The van der Waals surface area contributed by atoms with Gasteiger partial charge in [0.2, 0.25) is 5.82 Å². The first kappa shape index (κ1) is 13.3. The summed E-state index contributed by atoms with van der Waals surface area (Å²) in [6.45, 7) is 4.08. The summed E-state index contributed by atoms with van der Waals surface area (Å²) in [4.78, 5) is 13.1. The number of nitrogens with zero attached hydrogens (tertiary/aromatic N) is 4. The van der Waals surface area contributed by atoms with E-state index < -0.39 is 6.04 Å². The fourth-order valence-corrected chi connectivity index (χ4v) is 1.70. The van der Waals surface area contributed by atoms with E-state index in [0.29, 0.717) is 24.6 Å².